The average Bonchev–Trinajstić information content (AvgIpc) is 2.47. The van der Waals surface area contributed by atoms with Gasteiger partial charge in [-0.1, -0.05) is 66.2 Å². The molecule has 1 aromatic rings. The number of aryl methyl sites for hydroxylation is 2. The Labute approximate surface area is 120 Å². The highest BCUT2D eigenvalue weighted by atomic mass is 16.1. The van der Waals surface area contributed by atoms with E-state index in [1.807, 2.05) is 53.7 Å². The van der Waals surface area contributed by atoms with Crippen LogP contribution in [-0.2, 0) is 11.2 Å². The van der Waals surface area contributed by atoms with E-state index in [9.17, 15) is 4.79 Å². The van der Waals surface area contributed by atoms with Gasteiger partial charge in [0.05, 0.1) is 0 Å². The molecule has 0 aromatic heterocycles. The zero-order valence-corrected chi connectivity index (χ0v) is 14.3. The molecule has 1 amide bonds. The van der Waals surface area contributed by atoms with E-state index in [2.05, 4.69) is 25.2 Å². The molecule has 1 rings (SSSR count). The smallest absolute Gasteiger partial charge is 0.221 e. The van der Waals surface area contributed by atoms with Crippen molar-refractivity contribution < 1.29 is 4.79 Å². The third kappa shape index (κ3) is 11.5. The van der Waals surface area contributed by atoms with E-state index in [1.165, 1.54) is 18.1 Å². The number of hydrogen-bond donors (Lipinski definition) is 1. The molecule has 2 heteroatoms. The molecule has 0 aliphatic rings. The average molecular weight is 267 g/mol. The van der Waals surface area contributed by atoms with E-state index in [0.717, 1.165) is 12.1 Å². The summed E-state index contributed by atoms with van der Waals surface area (Å²) in [6, 6.07) is 6.06. The topological polar surface area (TPSA) is 29.1 Å². The molecule has 0 aliphatic carbocycles. The molecule has 0 heterocycles. The van der Waals surface area contributed by atoms with Gasteiger partial charge >= 0.3 is 0 Å². The van der Waals surface area contributed by atoms with Crippen LogP contribution in [0.2, 0.25) is 0 Å². The largest absolute Gasteiger partial charge is 0.326 e. The first-order chi connectivity index (χ1) is 9.13. The van der Waals surface area contributed by atoms with Gasteiger partial charge in [-0.3, -0.25) is 4.79 Å². The second-order valence-corrected chi connectivity index (χ2v) is 3.20. The number of anilines is 1. The lowest BCUT2D eigenvalue weighted by molar-refractivity contribution is -0.114. The predicted octanol–water partition coefficient (Wildman–Crippen LogP) is 5.59. The van der Waals surface area contributed by atoms with E-state index >= 15 is 0 Å². The number of carbonyl (C=O) groups excluding carboxylic acids is 1. The van der Waals surface area contributed by atoms with Crippen molar-refractivity contribution in [2.75, 3.05) is 5.32 Å². The second-order valence-electron chi connectivity index (χ2n) is 3.20. The molecule has 1 N–H and O–H groups in total. The minimum atomic E-state index is -0.0152. The van der Waals surface area contributed by atoms with Crippen molar-refractivity contribution in [3.05, 3.63) is 29.3 Å². The Morgan fingerprint density at radius 2 is 1.53 bits per heavy atom. The van der Waals surface area contributed by atoms with Crippen molar-refractivity contribution in [1.29, 1.82) is 0 Å². The summed E-state index contributed by atoms with van der Waals surface area (Å²) in [4.78, 5) is 10.9. The summed E-state index contributed by atoms with van der Waals surface area (Å²) in [6.45, 7) is 17.7. The first kappa shape index (κ1) is 22.8. The van der Waals surface area contributed by atoms with Crippen LogP contribution in [0, 0.1) is 6.92 Å². The molecular formula is C17H33NO. The van der Waals surface area contributed by atoms with Gasteiger partial charge in [-0.15, -0.1) is 0 Å². The minimum Gasteiger partial charge on any atom is -0.326 e. The zero-order valence-electron chi connectivity index (χ0n) is 14.3. The summed E-state index contributed by atoms with van der Waals surface area (Å²) in [5.74, 6) is -0.0152. The summed E-state index contributed by atoms with van der Waals surface area (Å²) < 4.78 is 0. The molecule has 0 radical (unpaired) electrons. The highest BCUT2D eigenvalue weighted by Crippen LogP contribution is 2.17. The fourth-order valence-corrected chi connectivity index (χ4v) is 1.33. The Bertz CT molecular complexity index is 319. The number of rotatable bonds is 2. The van der Waals surface area contributed by atoms with Crippen LogP contribution < -0.4 is 5.32 Å². The molecule has 0 spiro atoms. The standard InChI is InChI=1S/C11H15NO.3C2H6/c1-4-10-7-8(2)5-6-11(10)12-9(3)13;3*1-2/h5-7H,4H2,1-3H3,(H,12,13);3*1-2H3. The number of hydrogen-bond acceptors (Lipinski definition) is 1. The third-order valence-corrected chi connectivity index (χ3v) is 1.95. The molecule has 0 aliphatic heterocycles. The predicted molar refractivity (Wildman–Crippen MR) is 88.9 cm³/mol. The van der Waals surface area contributed by atoms with Gasteiger partial charge in [-0.2, -0.15) is 0 Å². The van der Waals surface area contributed by atoms with Gasteiger partial charge in [-0.05, 0) is 25.0 Å². The van der Waals surface area contributed by atoms with Gasteiger partial charge in [0.25, 0.3) is 0 Å². The van der Waals surface area contributed by atoms with Crippen LogP contribution in [0.1, 0.15) is 66.5 Å². The Balaban J connectivity index is -0.000000375. The van der Waals surface area contributed by atoms with Crippen LogP contribution in [-0.4, -0.2) is 5.91 Å². The number of benzene rings is 1. The summed E-state index contributed by atoms with van der Waals surface area (Å²) in [5, 5.41) is 2.81. The molecule has 0 unspecified atom stereocenters. The molecule has 0 fully saturated rings. The maximum absolute atomic E-state index is 10.9. The normalized spacial score (nSPS) is 7.63. The van der Waals surface area contributed by atoms with Crippen LogP contribution in [0.3, 0.4) is 0 Å². The van der Waals surface area contributed by atoms with E-state index in [4.69, 9.17) is 0 Å². The highest BCUT2D eigenvalue weighted by molar-refractivity contribution is 5.89. The van der Waals surface area contributed by atoms with Crippen LogP contribution in [0.25, 0.3) is 0 Å². The van der Waals surface area contributed by atoms with Crippen LogP contribution in [0.5, 0.6) is 0 Å². The summed E-state index contributed by atoms with van der Waals surface area (Å²) in [6.07, 6.45) is 0.942. The first-order valence-corrected chi connectivity index (χ1v) is 7.50. The van der Waals surface area contributed by atoms with Gasteiger partial charge in [0.1, 0.15) is 0 Å². The molecule has 0 atom stereocenters. The Morgan fingerprint density at radius 3 is 1.89 bits per heavy atom. The van der Waals surface area contributed by atoms with Crippen molar-refractivity contribution >= 4 is 11.6 Å². The first-order valence-electron chi connectivity index (χ1n) is 7.50. The van der Waals surface area contributed by atoms with Crippen molar-refractivity contribution in [2.45, 2.75) is 68.7 Å². The molecule has 1 aromatic carbocycles. The quantitative estimate of drug-likeness (QED) is 0.743. The molecular weight excluding hydrogens is 234 g/mol. The highest BCUT2D eigenvalue weighted by Gasteiger charge is 2.01. The summed E-state index contributed by atoms with van der Waals surface area (Å²) >= 11 is 0. The molecule has 0 saturated carbocycles. The lowest BCUT2D eigenvalue weighted by Crippen LogP contribution is -2.07. The van der Waals surface area contributed by atoms with Gasteiger partial charge in [-0.25, -0.2) is 0 Å². The second kappa shape index (κ2) is 16.7. The maximum Gasteiger partial charge on any atom is 0.221 e. The van der Waals surface area contributed by atoms with Crippen molar-refractivity contribution in [1.82, 2.24) is 0 Å². The van der Waals surface area contributed by atoms with Gasteiger partial charge in [0, 0.05) is 12.6 Å². The zero-order chi connectivity index (χ0) is 15.8. The monoisotopic (exact) mass is 267 g/mol. The SMILES string of the molecule is CC.CC.CC.CCc1cc(C)ccc1NC(C)=O. The lowest BCUT2D eigenvalue weighted by Gasteiger charge is -2.08. The van der Waals surface area contributed by atoms with E-state index in [0.29, 0.717) is 0 Å². The lowest BCUT2D eigenvalue weighted by atomic mass is 10.1. The fraction of sp³-hybridized carbons (Fsp3) is 0.588. The number of carbonyl (C=O) groups is 1. The van der Waals surface area contributed by atoms with Gasteiger partial charge in [0.15, 0.2) is 0 Å². The molecule has 19 heavy (non-hydrogen) atoms. The molecule has 112 valence electrons. The van der Waals surface area contributed by atoms with Crippen LogP contribution in [0.4, 0.5) is 5.69 Å². The van der Waals surface area contributed by atoms with E-state index in [1.54, 1.807) is 0 Å². The Hall–Kier alpha value is -1.31. The van der Waals surface area contributed by atoms with Crippen LogP contribution in [0.15, 0.2) is 18.2 Å². The maximum atomic E-state index is 10.9. The van der Waals surface area contributed by atoms with Gasteiger partial charge < -0.3 is 5.32 Å². The Morgan fingerprint density at radius 1 is 1.05 bits per heavy atom. The Kier molecular flexibility index (Phi) is 20.1. The summed E-state index contributed by atoms with van der Waals surface area (Å²) in [5.41, 5.74) is 3.35. The van der Waals surface area contributed by atoms with Crippen molar-refractivity contribution in [3.63, 3.8) is 0 Å². The summed E-state index contributed by atoms with van der Waals surface area (Å²) in [7, 11) is 0. The fourth-order valence-electron chi connectivity index (χ4n) is 1.33. The van der Waals surface area contributed by atoms with Crippen molar-refractivity contribution in [2.24, 2.45) is 0 Å². The molecule has 2 nitrogen and oxygen atoms in total. The van der Waals surface area contributed by atoms with Crippen LogP contribution >= 0.6 is 0 Å². The van der Waals surface area contributed by atoms with Gasteiger partial charge in [0.2, 0.25) is 5.91 Å². The molecule has 0 bridgehead atoms. The third-order valence-electron chi connectivity index (χ3n) is 1.95. The molecule has 0 saturated heterocycles. The van der Waals surface area contributed by atoms with E-state index in [-0.39, 0.29) is 5.91 Å². The van der Waals surface area contributed by atoms with E-state index < -0.39 is 0 Å². The van der Waals surface area contributed by atoms with Crippen molar-refractivity contribution in [3.8, 4) is 0 Å². The number of nitrogens with one attached hydrogen (secondary N) is 1. The number of amides is 1. The minimum absolute atomic E-state index is 0.0152.